The average molecular weight is 185 g/mol. The lowest BCUT2D eigenvalue weighted by Gasteiger charge is -2.08. The fourth-order valence-electron chi connectivity index (χ4n) is 1.32. The number of Topliss-reactive ketones (excluding diaryl/α,β-unsaturated/α-hetero) is 1. The Morgan fingerprint density at radius 1 is 1.23 bits per heavy atom. The van der Waals surface area contributed by atoms with Crippen LogP contribution in [0.3, 0.4) is 0 Å². The van der Waals surface area contributed by atoms with Crippen LogP contribution in [0.2, 0.25) is 0 Å². The van der Waals surface area contributed by atoms with E-state index in [1.165, 1.54) is 0 Å². The zero-order valence-electron chi connectivity index (χ0n) is 8.84. The van der Waals surface area contributed by atoms with Crippen molar-refractivity contribution in [2.75, 3.05) is 6.61 Å². The Hall–Kier alpha value is -0.370. The highest BCUT2D eigenvalue weighted by molar-refractivity contribution is 5.80. The van der Waals surface area contributed by atoms with Crippen LogP contribution in [-0.4, -0.2) is 12.4 Å². The molecule has 0 saturated heterocycles. The number of rotatable bonds is 8. The number of ketones is 1. The lowest BCUT2D eigenvalue weighted by atomic mass is 9.96. The summed E-state index contributed by atoms with van der Waals surface area (Å²) in [5.74, 6) is 0.536. The van der Waals surface area contributed by atoms with Gasteiger partial charge in [-0.1, -0.05) is 26.7 Å². The molecule has 0 rings (SSSR count). The summed E-state index contributed by atoms with van der Waals surface area (Å²) in [6.45, 7) is 4.08. The Bertz CT molecular complexity index is 132. The van der Waals surface area contributed by atoms with E-state index in [-0.39, 0.29) is 12.5 Å². The van der Waals surface area contributed by atoms with Crippen molar-refractivity contribution < 1.29 is 9.90 Å². The van der Waals surface area contributed by atoms with E-state index in [0.717, 1.165) is 25.7 Å². The normalized spacial score (nSPS) is 12.8. The van der Waals surface area contributed by atoms with Gasteiger partial charge >= 0.3 is 0 Å². The van der Waals surface area contributed by atoms with Crippen molar-refractivity contribution in [2.24, 2.45) is 5.92 Å². The molecule has 0 aliphatic rings. The highest BCUT2D eigenvalue weighted by atomic mass is 16.2. The molecule has 0 aliphatic heterocycles. The summed E-state index contributed by atoms with van der Waals surface area (Å²) in [7, 11) is 0. The van der Waals surface area contributed by atoms with Gasteiger partial charge < -0.3 is 0 Å². The number of carbonyl (C=O) groups excluding carboxylic acids is 1. The smallest absolute Gasteiger partial charge is 0.135 e. The quantitative estimate of drug-likeness (QED) is 0.535. The van der Waals surface area contributed by atoms with Gasteiger partial charge in [0.2, 0.25) is 0 Å². The summed E-state index contributed by atoms with van der Waals surface area (Å²) in [5.41, 5.74) is 0. The topological polar surface area (TPSA) is 37.0 Å². The summed E-state index contributed by atoms with van der Waals surface area (Å²) < 4.78 is 0. The van der Waals surface area contributed by atoms with Crippen molar-refractivity contribution in [3.05, 3.63) is 0 Å². The van der Waals surface area contributed by atoms with E-state index in [9.17, 15) is 9.90 Å². The van der Waals surface area contributed by atoms with Gasteiger partial charge in [0.15, 0.2) is 0 Å². The van der Waals surface area contributed by atoms with E-state index in [1.54, 1.807) is 0 Å². The molecule has 0 aliphatic carbocycles. The molecule has 0 saturated carbocycles. The van der Waals surface area contributed by atoms with Crippen molar-refractivity contribution in [3.63, 3.8) is 0 Å². The van der Waals surface area contributed by atoms with Crippen LogP contribution in [0, 0.1) is 5.92 Å². The van der Waals surface area contributed by atoms with Crippen molar-refractivity contribution in [1.82, 2.24) is 0 Å². The summed E-state index contributed by atoms with van der Waals surface area (Å²) in [5, 5.41) is 10.1. The Labute approximate surface area is 81.3 Å². The first-order valence-electron chi connectivity index (χ1n) is 5.33. The van der Waals surface area contributed by atoms with Gasteiger partial charge in [0.25, 0.3) is 0 Å². The first-order valence-corrected chi connectivity index (χ1v) is 5.33. The second kappa shape index (κ2) is 8.24. The molecule has 0 aromatic carbocycles. The second-order valence-electron chi connectivity index (χ2n) is 3.67. The lowest BCUT2D eigenvalue weighted by molar-refractivity contribution is -0.122. The maximum atomic E-state index is 11.4. The average Bonchev–Trinajstić information content (AvgIpc) is 2.14. The molecule has 0 fully saturated rings. The van der Waals surface area contributed by atoms with Crippen LogP contribution in [0.4, 0.5) is 0 Å². The van der Waals surface area contributed by atoms with Crippen LogP contribution in [-0.2, 0) is 9.90 Å². The van der Waals surface area contributed by atoms with Crippen molar-refractivity contribution in [1.29, 1.82) is 0 Å². The zero-order chi connectivity index (χ0) is 10.1. The molecule has 0 aromatic rings. The summed E-state index contributed by atoms with van der Waals surface area (Å²) >= 11 is 0. The number of hydrogen-bond donors (Lipinski definition) is 0. The van der Waals surface area contributed by atoms with Gasteiger partial charge in [-0.2, -0.15) is 0 Å². The van der Waals surface area contributed by atoms with Crippen molar-refractivity contribution >= 4 is 5.78 Å². The van der Waals surface area contributed by atoms with E-state index in [2.05, 4.69) is 6.92 Å². The zero-order valence-corrected chi connectivity index (χ0v) is 8.84. The fourth-order valence-corrected chi connectivity index (χ4v) is 1.32. The highest BCUT2D eigenvalue weighted by Gasteiger charge is 2.11. The predicted molar refractivity (Wildman–Crippen MR) is 53.1 cm³/mol. The van der Waals surface area contributed by atoms with Crippen molar-refractivity contribution in [3.8, 4) is 0 Å². The maximum absolute atomic E-state index is 11.4. The summed E-state index contributed by atoms with van der Waals surface area (Å²) in [6.07, 6.45) is 5.32. The third kappa shape index (κ3) is 6.76. The fraction of sp³-hybridized carbons (Fsp3) is 0.909. The minimum Gasteiger partial charge on any atom is -0.299 e. The van der Waals surface area contributed by atoms with Gasteiger partial charge in [-0.15, -0.1) is 0 Å². The molecule has 1 unspecified atom stereocenters. The monoisotopic (exact) mass is 185 g/mol. The van der Waals surface area contributed by atoms with Crippen LogP contribution in [0.15, 0.2) is 0 Å². The van der Waals surface area contributed by atoms with E-state index in [4.69, 9.17) is 0 Å². The second-order valence-corrected chi connectivity index (χ2v) is 3.67. The summed E-state index contributed by atoms with van der Waals surface area (Å²) in [4.78, 5) is 11.4. The van der Waals surface area contributed by atoms with Crippen LogP contribution in [0.25, 0.3) is 0 Å². The molecule has 77 valence electrons. The molecule has 2 nitrogen and oxygen atoms in total. The Morgan fingerprint density at radius 3 is 2.46 bits per heavy atom. The van der Waals surface area contributed by atoms with Crippen LogP contribution >= 0.6 is 0 Å². The van der Waals surface area contributed by atoms with E-state index >= 15 is 0 Å². The Kier molecular flexibility index (Phi) is 8.00. The first kappa shape index (κ1) is 12.6. The molecular formula is C11H21O2. The predicted octanol–water partition coefficient (Wildman–Crippen LogP) is 2.98. The largest absolute Gasteiger partial charge is 0.299 e. The molecule has 2 heteroatoms. The molecule has 0 amide bonds. The van der Waals surface area contributed by atoms with E-state index < -0.39 is 0 Å². The number of unbranched alkanes of at least 4 members (excludes halogenated alkanes) is 2. The molecule has 1 atom stereocenters. The van der Waals surface area contributed by atoms with Gasteiger partial charge in [0.1, 0.15) is 5.78 Å². The molecule has 0 spiro atoms. The van der Waals surface area contributed by atoms with Gasteiger partial charge in [-0.25, -0.2) is 5.11 Å². The SMILES string of the molecule is CCCCC(C)C(=O)CCCC[O]. The molecule has 0 N–H and O–H groups in total. The van der Waals surface area contributed by atoms with E-state index in [0.29, 0.717) is 18.6 Å². The van der Waals surface area contributed by atoms with Crippen LogP contribution < -0.4 is 0 Å². The van der Waals surface area contributed by atoms with Crippen LogP contribution in [0.1, 0.15) is 52.4 Å². The molecule has 1 radical (unpaired) electrons. The lowest BCUT2D eigenvalue weighted by Crippen LogP contribution is -2.10. The third-order valence-electron chi connectivity index (χ3n) is 2.36. The number of carbonyl (C=O) groups is 1. The third-order valence-corrected chi connectivity index (χ3v) is 2.36. The number of hydrogen-bond acceptors (Lipinski definition) is 1. The summed E-state index contributed by atoms with van der Waals surface area (Å²) in [6, 6.07) is 0. The molecule has 13 heavy (non-hydrogen) atoms. The Morgan fingerprint density at radius 2 is 1.92 bits per heavy atom. The Balaban J connectivity index is 3.45. The minimum absolute atomic E-state index is 0.0450. The van der Waals surface area contributed by atoms with Gasteiger partial charge in [-0.05, 0) is 19.3 Å². The molecular weight excluding hydrogens is 164 g/mol. The minimum atomic E-state index is -0.0450. The van der Waals surface area contributed by atoms with Gasteiger partial charge in [0, 0.05) is 12.3 Å². The van der Waals surface area contributed by atoms with Gasteiger partial charge in [-0.3, -0.25) is 4.79 Å². The highest BCUT2D eigenvalue weighted by Crippen LogP contribution is 2.12. The maximum Gasteiger partial charge on any atom is 0.135 e. The first-order chi connectivity index (χ1) is 6.22. The molecule has 0 aromatic heterocycles. The van der Waals surface area contributed by atoms with Crippen molar-refractivity contribution in [2.45, 2.75) is 52.4 Å². The van der Waals surface area contributed by atoms with Crippen LogP contribution in [0.5, 0.6) is 0 Å². The van der Waals surface area contributed by atoms with Gasteiger partial charge in [0.05, 0.1) is 6.61 Å². The molecule has 0 bridgehead atoms. The standard InChI is InChI=1S/C11H21O2/c1-3-4-7-10(2)11(13)8-5-6-9-12/h10H,3-9H2,1-2H3. The van der Waals surface area contributed by atoms with E-state index in [1.807, 2.05) is 6.92 Å². The molecule has 0 heterocycles.